The van der Waals surface area contributed by atoms with Gasteiger partial charge in [0.15, 0.2) is 0 Å². The number of likely N-dealkylation sites (tertiary alicyclic amines) is 1. The molecule has 0 unspecified atom stereocenters. The number of nitrogens with zero attached hydrogens (tertiary/aromatic N) is 2. The molecule has 3 aliphatic rings. The van der Waals surface area contributed by atoms with E-state index >= 15 is 0 Å². The Kier molecular flexibility index (Phi) is 6.47. The van der Waals surface area contributed by atoms with Gasteiger partial charge in [-0.15, -0.1) is 0 Å². The van der Waals surface area contributed by atoms with Crippen LogP contribution >= 0.6 is 0 Å². The standard InChI is InChI=1S/C29H39N3O/c1-20(2)16-22-8-6-10-24(17-22)21(3)30-29(33)32-14-7-11-25-19-31-15-13-23-9-4-5-12-26(23)28(31)18-27(25)32/h4-6,8-10,12,17,20-21,25,27-28H,7,11,13-16,18-19H2,1-3H3,(H,30,33)/t21-,25-,27+,28-/m1/s1. The van der Waals surface area contributed by atoms with Crippen molar-refractivity contribution in [2.75, 3.05) is 19.6 Å². The topological polar surface area (TPSA) is 35.6 Å². The normalized spacial score (nSPS) is 25.7. The Labute approximate surface area is 199 Å². The Morgan fingerprint density at radius 2 is 1.94 bits per heavy atom. The van der Waals surface area contributed by atoms with Gasteiger partial charge in [0.2, 0.25) is 0 Å². The fourth-order valence-electron chi connectivity index (χ4n) is 6.46. The zero-order chi connectivity index (χ0) is 22.9. The Bertz CT molecular complexity index is 986. The summed E-state index contributed by atoms with van der Waals surface area (Å²) < 4.78 is 0. The van der Waals surface area contributed by atoms with Crippen LogP contribution in [0.15, 0.2) is 48.5 Å². The molecule has 2 amide bonds. The molecule has 2 fully saturated rings. The third-order valence-corrected chi connectivity index (χ3v) is 8.07. The van der Waals surface area contributed by atoms with Gasteiger partial charge in [-0.05, 0) is 73.1 Å². The first kappa shape index (κ1) is 22.5. The molecular formula is C29H39N3O. The van der Waals surface area contributed by atoms with E-state index < -0.39 is 0 Å². The van der Waals surface area contributed by atoms with Gasteiger partial charge in [-0.2, -0.15) is 0 Å². The molecule has 5 rings (SSSR count). The summed E-state index contributed by atoms with van der Waals surface area (Å²) in [7, 11) is 0. The minimum atomic E-state index is 0.0143. The highest BCUT2D eigenvalue weighted by atomic mass is 16.2. The third-order valence-electron chi connectivity index (χ3n) is 8.07. The summed E-state index contributed by atoms with van der Waals surface area (Å²) in [6, 6.07) is 18.6. The number of rotatable bonds is 4. The average molecular weight is 446 g/mol. The van der Waals surface area contributed by atoms with Gasteiger partial charge in [0, 0.05) is 31.7 Å². The predicted molar refractivity (Wildman–Crippen MR) is 134 cm³/mol. The first-order chi connectivity index (χ1) is 16.0. The maximum Gasteiger partial charge on any atom is 0.318 e. The molecule has 2 saturated heterocycles. The summed E-state index contributed by atoms with van der Waals surface area (Å²) in [4.78, 5) is 18.4. The number of carbonyl (C=O) groups excluding carboxylic acids is 1. The number of piperidine rings is 2. The molecule has 33 heavy (non-hydrogen) atoms. The molecular weight excluding hydrogens is 406 g/mol. The Balaban J connectivity index is 1.30. The second kappa shape index (κ2) is 9.50. The van der Waals surface area contributed by atoms with E-state index in [0.717, 1.165) is 45.3 Å². The summed E-state index contributed by atoms with van der Waals surface area (Å²) in [5.74, 6) is 1.22. The summed E-state index contributed by atoms with van der Waals surface area (Å²) in [5, 5.41) is 3.34. The molecule has 0 radical (unpaired) electrons. The highest BCUT2D eigenvalue weighted by Crippen LogP contribution is 2.42. The number of benzene rings is 2. The number of hydrogen-bond acceptors (Lipinski definition) is 2. The highest BCUT2D eigenvalue weighted by Gasteiger charge is 2.44. The van der Waals surface area contributed by atoms with Crippen LogP contribution in [0.5, 0.6) is 0 Å². The third kappa shape index (κ3) is 4.68. The van der Waals surface area contributed by atoms with Crippen molar-refractivity contribution in [1.82, 2.24) is 15.1 Å². The fourth-order valence-corrected chi connectivity index (χ4v) is 6.46. The van der Waals surface area contributed by atoms with Crippen LogP contribution in [0.2, 0.25) is 0 Å². The molecule has 1 N–H and O–H groups in total. The van der Waals surface area contributed by atoms with Crippen LogP contribution in [0.3, 0.4) is 0 Å². The van der Waals surface area contributed by atoms with Crippen molar-refractivity contribution < 1.29 is 4.79 Å². The van der Waals surface area contributed by atoms with E-state index in [1.165, 1.54) is 28.7 Å². The second-order valence-corrected chi connectivity index (χ2v) is 10.9. The molecule has 2 aromatic rings. The van der Waals surface area contributed by atoms with E-state index in [0.29, 0.717) is 23.9 Å². The van der Waals surface area contributed by atoms with Gasteiger partial charge in [-0.25, -0.2) is 4.79 Å². The molecule has 0 aromatic heterocycles. The molecule has 4 atom stereocenters. The van der Waals surface area contributed by atoms with Crippen LogP contribution in [0.4, 0.5) is 4.79 Å². The Morgan fingerprint density at radius 3 is 2.79 bits per heavy atom. The van der Waals surface area contributed by atoms with Crippen molar-refractivity contribution in [2.45, 2.75) is 71.0 Å². The Morgan fingerprint density at radius 1 is 1.09 bits per heavy atom. The number of urea groups is 1. The van der Waals surface area contributed by atoms with Crippen molar-refractivity contribution in [1.29, 1.82) is 0 Å². The molecule has 0 aliphatic carbocycles. The molecule has 176 valence electrons. The van der Waals surface area contributed by atoms with Gasteiger partial charge in [0.1, 0.15) is 0 Å². The summed E-state index contributed by atoms with van der Waals surface area (Å²) in [5.41, 5.74) is 5.54. The van der Waals surface area contributed by atoms with E-state index in [9.17, 15) is 4.79 Å². The SMILES string of the molecule is CC(C)Cc1cccc([C@@H](C)NC(=O)N2CCC[C@@H]3CN4CCc5ccccc5[C@H]4C[C@@H]32)c1. The molecule has 3 aliphatic heterocycles. The van der Waals surface area contributed by atoms with Gasteiger partial charge >= 0.3 is 6.03 Å². The molecule has 4 nitrogen and oxygen atoms in total. The summed E-state index contributed by atoms with van der Waals surface area (Å²) in [6.45, 7) is 9.78. The van der Waals surface area contributed by atoms with Crippen molar-refractivity contribution in [2.24, 2.45) is 11.8 Å². The van der Waals surface area contributed by atoms with Gasteiger partial charge in [0.25, 0.3) is 0 Å². The van der Waals surface area contributed by atoms with Crippen LogP contribution < -0.4 is 5.32 Å². The van der Waals surface area contributed by atoms with Gasteiger partial charge in [-0.3, -0.25) is 4.90 Å². The zero-order valence-electron chi connectivity index (χ0n) is 20.5. The van der Waals surface area contributed by atoms with E-state index in [4.69, 9.17) is 0 Å². The highest BCUT2D eigenvalue weighted by molar-refractivity contribution is 5.75. The van der Waals surface area contributed by atoms with Crippen molar-refractivity contribution >= 4 is 6.03 Å². The number of hydrogen-bond donors (Lipinski definition) is 1. The number of fused-ring (bicyclic) bond motifs is 4. The lowest BCUT2D eigenvalue weighted by Crippen LogP contribution is -2.59. The lowest BCUT2D eigenvalue weighted by molar-refractivity contribution is 0.00533. The van der Waals surface area contributed by atoms with Gasteiger partial charge in [0.05, 0.1) is 6.04 Å². The molecule has 2 aromatic carbocycles. The molecule has 3 heterocycles. The first-order valence-corrected chi connectivity index (χ1v) is 13.0. The lowest BCUT2D eigenvalue weighted by Gasteiger charge is -2.52. The van der Waals surface area contributed by atoms with Gasteiger partial charge < -0.3 is 10.2 Å². The first-order valence-electron chi connectivity index (χ1n) is 13.0. The van der Waals surface area contributed by atoms with Crippen molar-refractivity contribution in [3.8, 4) is 0 Å². The monoisotopic (exact) mass is 445 g/mol. The van der Waals surface area contributed by atoms with Crippen molar-refractivity contribution in [3.05, 3.63) is 70.8 Å². The number of amides is 2. The van der Waals surface area contributed by atoms with E-state index in [-0.39, 0.29) is 12.1 Å². The van der Waals surface area contributed by atoms with Crippen LogP contribution in [0.1, 0.15) is 74.4 Å². The largest absolute Gasteiger partial charge is 0.331 e. The predicted octanol–water partition coefficient (Wildman–Crippen LogP) is 5.74. The van der Waals surface area contributed by atoms with Crippen molar-refractivity contribution in [3.63, 3.8) is 0 Å². The minimum Gasteiger partial charge on any atom is -0.331 e. The summed E-state index contributed by atoms with van der Waals surface area (Å²) in [6.07, 6.45) is 5.65. The fraction of sp³-hybridized carbons (Fsp3) is 0.552. The number of nitrogens with one attached hydrogen (secondary N) is 1. The maximum absolute atomic E-state index is 13.5. The smallest absolute Gasteiger partial charge is 0.318 e. The molecule has 4 heteroatoms. The zero-order valence-corrected chi connectivity index (χ0v) is 20.5. The molecule has 0 spiro atoms. The number of carbonyl (C=O) groups is 1. The average Bonchev–Trinajstić information content (AvgIpc) is 2.82. The second-order valence-electron chi connectivity index (χ2n) is 10.9. The van der Waals surface area contributed by atoms with Gasteiger partial charge in [-0.1, -0.05) is 62.4 Å². The van der Waals surface area contributed by atoms with E-state index in [1.807, 2.05) is 0 Å². The lowest BCUT2D eigenvalue weighted by atomic mass is 9.77. The summed E-state index contributed by atoms with van der Waals surface area (Å²) >= 11 is 0. The molecule has 0 bridgehead atoms. The van der Waals surface area contributed by atoms with Crippen LogP contribution in [0.25, 0.3) is 0 Å². The minimum absolute atomic E-state index is 0.0143. The van der Waals surface area contributed by atoms with Crippen LogP contribution in [-0.4, -0.2) is 41.5 Å². The van der Waals surface area contributed by atoms with E-state index in [1.54, 1.807) is 0 Å². The Hall–Kier alpha value is -2.33. The maximum atomic E-state index is 13.5. The quantitative estimate of drug-likeness (QED) is 0.651. The van der Waals surface area contributed by atoms with Crippen LogP contribution in [0, 0.1) is 11.8 Å². The van der Waals surface area contributed by atoms with E-state index in [2.05, 4.69) is 84.4 Å². The molecule has 0 saturated carbocycles. The van der Waals surface area contributed by atoms with Crippen LogP contribution in [-0.2, 0) is 12.8 Å².